The maximum Gasteiger partial charge on any atom is 0.335 e. The van der Waals surface area contributed by atoms with Crippen LogP contribution in [0.3, 0.4) is 0 Å². The number of carboxylic acids is 1. The number of hydrogen-bond donors (Lipinski definition) is 3. The standard InChI is InChI=1S/C11H7ClN6O2/c12-8-2-1-6(11(19)20)3-9(8)14-5-7(4-13)10-15-17-18-16-10/h1-3,5,14H,(H,19,20)(H,15,16,17,18). The van der Waals surface area contributed by atoms with E-state index in [-0.39, 0.29) is 17.0 Å². The summed E-state index contributed by atoms with van der Waals surface area (Å²) in [6, 6.07) is 6.06. The van der Waals surface area contributed by atoms with E-state index < -0.39 is 5.97 Å². The predicted molar refractivity (Wildman–Crippen MR) is 69.8 cm³/mol. The molecule has 1 aromatic carbocycles. The monoisotopic (exact) mass is 290 g/mol. The van der Waals surface area contributed by atoms with Gasteiger partial charge in [-0.2, -0.15) is 10.5 Å². The molecule has 0 atom stereocenters. The molecular weight excluding hydrogens is 284 g/mol. The molecular formula is C11H7ClN6O2. The van der Waals surface area contributed by atoms with Crippen LogP contribution in [0, 0.1) is 11.3 Å². The van der Waals surface area contributed by atoms with Crippen LogP contribution in [0.15, 0.2) is 24.4 Å². The van der Waals surface area contributed by atoms with Gasteiger partial charge in [-0.1, -0.05) is 11.6 Å². The Balaban J connectivity index is 2.28. The highest BCUT2D eigenvalue weighted by molar-refractivity contribution is 6.33. The zero-order chi connectivity index (χ0) is 14.5. The van der Waals surface area contributed by atoms with Gasteiger partial charge in [-0.3, -0.25) is 0 Å². The summed E-state index contributed by atoms with van der Waals surface area (Å²) in [6.07, 6.45) is 1.32. The summed E-state index contributed by atoms with van der Waals surface area (Å²) in [5, 5.41) is 33.8. The van der Waals surface area contributed by atoms with Crippen LogP contribution in [0.2, 0.25) is 5.02 Å². The summed E-state index contributed by atoms with van der Waals surface area (Å²) in [4.78, 5) is 10.9. The van der Waals surface area contributed by atoms with Crippen LogP contribution in [0.1, 0.15) is 16.2 Å². The third-order valence-electron chi connectivity index (χ3n) is 2.29. The third kappa shape index (κ3) is 2.90. The van der Waals surface area contributed by atoms with Gasteiger partial charge in [0.15, 0.2) is 0 Å². The summed E-state index contributed by atoms with van der Waals surface area (Å²) in [6.45, 7) is 0. The van der Waals surface area contributed by atoms with E-state index >= 15 is 0 Å². The highest BCUT2D eigenvalue weighted by Gasteiger charge is 2.08. The molecule has 9 heteroatoms. The number of nitrogens with zero attached hydrogens (tertiary/aromatic N) is 4. The molecule has 0 aliphatic rings. The smallest absolute Gasteiger partial charge is 0.335 e. The number of benzene rings is 1. The van der Waals surface area contributed by atoms with Gasteiger partial charge in [0.1, 0.15) is 11.6 Å². The Labute approximate surface area is 117 Å². The molecule has 100 valence electrons. The molecule has 8 nitrogen and oxygen atoms in total. The van der Waals surface area contributed by atoms with Gasteiger partial charge >= 0.3 is 5.97 Å². The summed E-state index contributed by atoms with van der Waals surface area (Å²) in [7, 11) is 0. The van der Waals surface area contributed by atoms with E-state index in [9.17, 15) is 4.79 Å². The first-order valence-electron chi connectivity index (χ1n) is 5.25. The lowest BCUT2D eigenvalue weighted by molar-refractivity contribution is 0.0697. The molecule has 0 fully saturated rings. The summed E-state index contributed by atoms with van der Waals surface area (Å²) < 4.78 is 0. The summed E-state index contributed by atoms with van der Waals surface area (Å²) in [5.74, 6) is -0.960. The Morgan fingerprint density at radius 1 is 1.55 bits per heavy atom. The van der Waals surface area contributed by atoms with Gasteiger partial charge < -0.3 is 10.4 Å². The van der Waals surface area contributed by atoms with E-state index in [2.05, 4.69) is 25.9 Å². The first-order valence-corrected chi connectivity index (χ1v) is 5.63. The normalized spacial score (nSPS) is 10.9. The number of nitriles is 1. The van der Waals surface area contributed by atoms with Gasteiger partial charge in [-0.15, -0.1) is 10.2 Å². The second kappa shape index (κ2) is 5.81. The maximum atomic E-state index is 10.9. The Morgan fingerprint density at radius 2 is 2.35 bits per heavy atom. The Kier molecular flexibility index (Phi) is 3.93. The number of halogens is 1. The van der Waals surface area contributed by atoms with Crippen molar-refractivity contribution in [3.05, 3.63) is 40.8 Å². The molecule has 0 aliphatic heterocycles. The number of nitrogens with one attached hydrogen (secondary N) is 2. The van der Waals surface area contributed by atoms with Crippen molar-refractivity contribution in [1.82, 2.24) is 20.6 Å². The molecule has 0 unspecified atom stereocenters. The minimum atomic E-state index is -1.08. The lowest BCUT2D eigenvalue weighted by Gasteiger charge is -2.05. The van der Waals surface area contributed by atoms with E-state index in [1.54, 1.807) is 0 Å². The van der Waals surface area contributed by atoms with Crippen molar-refractivity contribution < 1.29 is 9.90 Å². The minimum Gasteiger partial charge on any atom is -0.478 e. The molecule has 0 amide bonds. The van der Waals surface area contributed by atoms with Crippen LogP contribution in [-0.4, -0.2) is 31.7 Å². The second-order valence-electron chi connectivity index (χ2n) is 3.55. The number of aromatic carboxylic acids is 1. The average molecular weight is 291 g/mol. The van der Waals surface area contributed by atoms with Gasteiger partial charge in [0.25, 0.3) is 0 Å². The number of rotatable bonds is 4. The molecule has 20 heavy (non-hydrogen) atoms. The van der Waals surface area contributed by atoms with Crippen molar-refractivity contribution in [3.8, 4) is 6.07 Å². The zero-order valence-electron chi connectivity index (χ0n) is 9.83. The van der Waals surface area contributed by atoms with E-state index in [0.717, 1.165) is 0 Å². The number of H-pyrrole nitrogens is 1. The van der Waals surface area contributed by atoms with Crippen molar-refractivity contribution in [1.29, 1.82) is 5.26 Å². The molecule has 0 saturated heterocycles. The molecule has 3 N–H and O–H groups in total. The number of allylic oxidation sites excluding steroid dienone is 1. The molecule has 0 bridgehead atoms. The first-order chi connectivity index (χ1) is 9.61. The quantitative estimate of drug-likeness (QED) is 0.728. The first kappa shape index (κ1) is 13.5. The van der Waals surface area contributed by atoms with E-state index in [0.29, 0.717) is 10.7 Å². The third-order valence-corrected chi connectivity index (χ3v) is 2.62. The fourth-order valence-corrected chi connectivity index (χ4v) is 1.51. The number of carboxylic acid groups (broad SMARTS) is 1. The molecule has 0 spiro atoms. The van der Waals surface area contributed by atoms with Crippen LogP contribution >= 0.6 is 11.6 Å². The molecule has 2 rings (SSSR count). The Hall–Kier alpha value is -2.92. The lowest BCUT2D eigenvalue weighted by Crippen LogP contribution is -1.99. The highest BCUT2D eigenvalue weighted by Crippen LogP contribution is 2.23. The van der Waals surface area contributed by atoms with Gasteiger partial charge in [0.05, 0.1) is 16.3 Å². The number of aromatic amines is 1. The molecule has 1 heterocycles. The van der Waals surface area contributed by atoms with Gasteiger partial charge in [0.2, 0.25) is 5.82 Å². The SMILES string of the molecule is N#CC(=CNc1cc(C(=O)O)ccc1Cl)c1nn[nH]n1. The number of aromatic nitrogens is 4. The van der Waals surface area contributed by atoms with Crippen molar-refractivity contribution in [2.24, 2.45) is 0 Å². The number of tetrazole rings is 1. The van der Waals surface area contributed by atoms with Crippen molar-refractivity contribution in [2.45, 2.75) is 0 Å². The van der Waals surface area contributed by atoms with Crippen LogP contribution in [-0.2, 0) is 0 Å². The Bertz CT molecular complexity index is 704. The molecule has 0 radical (unpaired) electrons. The van der Waals surface area contributed by atoms with E-state index in [1.807, 2.05) is 6.07 Å². The molecule has 0 aliphatic carbocycles. The van der Waals surface area contributed by atoms with Gasteiger partial charge in [-0.05, 0) is 23.4 Å². The topological polar surface area (TPSA) is 128 Å². The zero-order valence-corrected chi connectivity index (χ0v) is 10.6. The highest BCUT2D eigenvalue weighted by atomic mass is 35.5. The summed E-state index contributed by atoms with van der Waals surface area (Å²) in [5.41, 5.74) is 0.543. The molecule has 2 aromatic rings. The van der Waals surface area contributed by atoms with Crippen LogP contribution in [0.4, 0.5) is 5.69 Å². The lowest BCUT2D eigenvalue weighted by atomic mass is 10.2. The fourth-order valence-electron chi connectivity index (χ4n) is 1.34. The maximum absolute atomic E-state index is 10.9. The van der Waals surface area contributed by atoms with Crippen molar-refractivity contribution >= 4 is 28.8 Å². The number of carbonyl (C=O) groups is 1. The molecule has 1 aromatic heterocycles. The molecule has 0 saturated carbocycles. The number of anilines is 1. The van der Waals surface area contributed by atoms with E-state index in [1.165, 1.54) is 24.4 Å². The fraction of sp³-hybridized carbons (Fsp3) is 0. The summed E-state index contributed by atoms with van der Waals surface area (Å²) >= 11 is 5.94. The van der Waals surface area contributed by atoms with Crippen molar-refractivity contribution in [3.63, 3.8) is 0 Å². The van der Waals surface area contributed by atoms with Crippen LogP contribution in [0.5, 0.6) is 0 Å². The average Bonchev–Trinajstić information content (AvgIpc) is 2.95. The van der Waals surface area contributed by atoms with E-state index in [4.69, 9.17) is 22.0 Å². The van der Waals surface area contributed by atoms with Gasteiger partial charge in [-0.25, -0.2) is 4.79 Å². The van der Waals surface area contributed by atoms with Crippen molar-refractivity contribution in [2.75, 3.05) is 5.32 Å². The largest absolute Gasteiger partial charge is 0.478 e. The van der Waals surface area contributed by atoms with Gasteiger partial charge in [0, 0.05) is 6.20 Å². The Morgan fingerprint density at radius 3 is 2.95 bits per heavy atom. The number of hydrogen-bond acceptors (Lipinski definition) is 6. The second-order valence-corrected chi connectivity index (χ2v) is 3.96. The predicted octanol–water partition coefficient (Wildman–Crippen LogP) is 1.53. The van der Waals surface area contributed by atoms with Crippen LogP contribution in [0.25, 0.3) is 5.57 Å². The van der Waals surface area contributed by atoms with Crippen LogP contribution < -0.4 is 5.32 Å². The minimum absolute atomic E-state index is 0.0726.